The van der Waals surface area contributed by atoms with Crippen molar-refractivity contribution in [1.29, 1.82) is 0 Å². The average Bonchev–Trinajstić information content (AvgIpc) is 2.79. The summed E-state index contributed by atoms with van der Waals surface area (Å²) in [5.41, 5.74) is 1.82. The fourth-order valence-corrected chi connectivity index (χ4v) is 3.27. The molecule has 0 atom stereocenters. The third-order valence-electron chi connectivity index (χ3n) is 4.01. The van der Waals surface area contributed by atoms with Crippen LogP contribution in [0.5, 0.6) is 0 Å². The molecule has 0 spiro atoms. The predicted octanol–water partition coefficient (Wildman–Crippen LogP) is 4.32. The van der Waals surface area contributed by atoms with Gasteiger partial charge in [0.1, 0.15) is 0 Å². The molecule has 4 heteroatoms. The van der Waals surface area contributed by atoms with E-state index < -0.39 is 0 Å². The summed E-state index contributed by atoms with van der Waals surface area (Å²) in [7, 11) is 0. The second kappa shape index (κ2) is 5.70. The number of carbonyl (C=O) groups excluding carboxylic acids is 1. The molecule has 1 aliphatic carbocycles. The standard InChI is InChI=1S/C16H18BrNO2/c1-2-20-12-5-10(6-12)7-16(19)14-9-18-15-4-3-11(17)8-13(14)15/h3-4,8-10,12,18H,2,5-7H2,1H3. The van der Waals surface area contributed by atoms with Gasteiger partial charge in [-0.2, -0.15) is 0 Å². The Hall–Kier alpha value is -1.13. The van der Waals surface area contributed by atoms with E-state index in [9.17, 15) is 4.79 Å². The largest absolute Gasteiger partial charge is 0.378 e. The van der Waals surface area contributed by atoms with Crippen molar-refractivity contribution in [2.24, 2.45) is 5.92 Å². The van der Waals surface area contributed by atoms with Gasteiger partial charge in [0.25, 0.3) is 0 Å². The van der Waals surface area contributed by atoms with E-state index in [1.54, 1.807) is 0 Å². The SMILES string of the molecule is CCOC1CC(CC(=O)c2c[nH]c3ccc(Br)cc23)C1. The van der Waals surface area contributed by atoms with Crippen LogP contribution in [0.15, 0.2) is 28.9 Å². The van der Waals surface area contributed by atoms with Crippen LogP contribution >= 0.6 is 15.9 Å². The average molecular weight is 336 g/mol. The topological polar surface area (TPSA) is 42.1 Å². The summed E-state index contributed by atoms with van der Waals surface area (Å²) >= 11 is 3.46. The summed E-state index contributed by atoms with van der Waals surface area (Å²) in [6.45, 7) is 2.78. The summed E-state index contributed by atoms with van der Waals surface area (Å²) in [6.07, 6.45) is 4.87. The Morgan fingerprint density at radius 2 is 2.25 bits per heavy atom. The summed E-state index contributed by atoms with van der Waals surface area (Å²) in [4.78, 5) is 15.6. The van der Waals surface area contributed by atoms with Gasteiger partial charge < -0.3 is 9.72 Å². The molecule has 1 saturated carbocycles. The van der Waals surface area contributed by atoms with Crippen LogP contribution in [-0.4, -0.2) is 23.5 Å². The molecule has 2 aromatic rings. The molecular formula is C16H18BrNO2. The number of carbonyl (C=O) groups is 1. The molecule has 1 N–H and O–H groups in total. The number of ketones is 1. The minimum Gasteiger partial charge on any atom is -0.378 e. The highest BCUT2D eigenvalue weighted by Crippen LogP contribution is 2.34. The van der Waals surface area contributed by atoms with Gasteiger partial charge in [0.15, 0.2) is 5.78 Å². The molecule has 1 aliphatic rings. The molecule has 0 radical (unpaired) electrons. The number of benzene rings is 1. The second-order valence-electron chi connectivity index (χ2n) is 5.43. The molecule has 0 amide bonds. The quantitative estimate of drug-likeness (QED) is 0.827. The van der Waals surface area contributed by atoms with E-state index in [4.69, 9.17) is 4.74 Å². The number of halogens is 1. The van der Waals surface area contributed by atoms with Gasteiger partial charge in [-0.3, -0.25) is 4.79 Å². The van der Waals surface area contributed by atoms with Crippen LogP contribution in [0.3, 0.4) is 0 Å². The Balaban J connectivity index is 1.69. The lowest BCUT2D eigenvalue weighted by atomic mass is 9.78. The van der Waals surface area contributed by atoms with Crippen molar-refractivity contribution in [1.82, 2.24) is 4.98 Å². The molecule has 1 aromatic carbocycles. The van der Waals surface area contributed by atoms with Gasteiger partial charge >= 0.3 is 0 Å². The van der Waals surface area contributed by atoms with Gasteiger partial charge in [-0.05, 0) is 43.9 Å². The molecule has 1 aromatic heterocycles. The lowest BCUT2D eigenvalue weighted by Gasteiger charge is -2.34. The lowest BCUT2D eigenvalue weighted by Crippen LogP contribution is -2.32. The molecule has 0 bridgehead atoms. The zero-order chi connectivity index (χ0) is 14.1. The van der Waals surface area contributed by atoms with Crippen LogP contribution in [0.1, 0.15) is 36.5 Å². The third-order valence-corrected chi connectivity index (χ3v) is 4.51. The number of ether oxygens (including phenoxy) is 1. The van der Waals surface area contributed by atoms with Crippen molar-refractivity contribution in [3.05, 3.63) is 34.4 Å². The third kappa shape index (κ3) is 2.67. The smallest absolute Gasteiger partial charge is 0.165 e. The van der Waals surface area contributed by atoms with Crippen molar-refractivity contribution < 1.29 is 9.53 Å². The maximum atomic E-state index is 12.4. The van der Waals surface area contributed by atoms with Crippen LogP contribution in [0.2, 0.25) is 0 Å². The molecule has 0 aliphatic heterocycles. The Morgan fingerprint density at radius 1 is 1.45 bits per heavy atom. The number of nitrogens with one attached hydrogen (secondary N) is 1. The van der Waals surface area contributed by atoms with Crippen molar-refractivity contribution in [2.45, 2.75) is 32.3 Å². The van der Waals surface area contributed by atoms with Gasteiger partial charge in [-0.25, -0.2) is 0 Å². The number of fused-ring (bicyclic) bond motifs is 1. The molecule has 0 saturated heterocycles. The lowest BCUT2D eigenvalue weighted by molar-refractivity contribution is -0.0245. The number of hydrogen-bond acceptors (Lipinski definition) is 2. The second-order valence-corrected chi connectivity index (χ2v) is 6.35. The Morgan fingerprint density at radius 3 is 3.00 bits per heavy atom. The Kier molecular flexibility index (Phi) is 3.94. The van der Waals surface area contributed by atoms with E-state index in [1.807, 2.05) is 31.3 Å². The fourth-order valence-electron chi connectivity index (χ4n) is 2.91. The summed E-state index contributed by atoms with van der Waals surface area (Å²) < 4.78 is 6.54. The molecule has 3 nitrogen and oxygen atoms in total. The molecule has 20 heavy (non-hydrogen) atoms. The number of Topliss-reactive ketones (excluding diaryl/α,β-unsaturated/α-hetero) is 1. The number of H-pyrrole nitrogens is 1. The predicted molar refractivity (Wildman–Crippen MR) is 83.1 cm³/mol. The zero-order valence-corrected chi connectivity index (χ0v) is 13.1. The highest BCUT2D eigenvalue weighted by atomic mass is 79.9. The normalized spacial score (nSPS) is 21.9. The maximum absolute atomic E-state index is 12.4. The highest BCUT2D eigenvalue weighted by Gasteiger charge is 2.31. The number of rotatable bonds is 5. The van der Waals surface area contributed by atoms with Crippen LogP contribution < -0.4 is 0 Å². The Bertz CT molecular complexity index is 628. The molecule has 106 valence electrons. The molecule has 0 unspecified atom stereocenters. The highest BCUT2D eigenvalue weighted by molar-refractivity contribution is 9.10. The fraction of sp³-hybridized carbons (Fsp3) is 0.438. The number of aromatic nitrogens is 1. The van der Waals surface area contributed by atoms with Gasteiger partial charge in [-0.15, -0.1) is 0 Å². The van der Waals surface area contributed by atoms with E-state index in [0.29, 0.717) is 18.4 Å². The van der Waals surface area contributed by atoms with Crippen LogP contribution in [0.25, 0.3) is 10.9 Å². The number of hydrogen-bond donors (Lipinski definition) is 1. The van der Waals surface area contributed by atoms with Crippen molar-refractivity contribution in [3.8, 4) is 0 Å². The first-order chi connectivity index (χ1) is 9.67. The van der Waals surface area contributed by atoms with Crippen LogP contribution in [0, 0.1) is 5.92 Å². The van der Waals surface area contributed by atoms with Crippen molar-refractivity contribution in [3.63, 3.8) is 0 Å². The van der Waals surface area contributed by atoms with Crippen LogP contribution in [-0.2, 0) is 4.74 Å². The molecular weight excluding hydrogens is 318 g/mol. The van der Waals surface area contributed by atoms with E-state index in [0.717, 1.165) is 40.4 Å². The van der Waals surface area contributed by atoms with E-state index in [1.165, 1.54) is 0 Å². The van der Waals surface area contributed by atoms with Crippen molar-refractivity contribution >= 4 is 32.6 Å². The van der Waals surface area contributed by atoms with Gasteiger partial charge in [0, 0.05) is 40.2 Å². The zero-order valence-electron chi connectivity index (χ0n) is 11.5. The van der Waals surface area contributed by atoms with E-state index in [2.05, 4.69) is 20.9 Å². The first-order valence-electron chi connectivity index (χ1n) is 7.08. The molecule has 1 fully saturated rings. The number of aromatic amines is 1. The minimum absolute atomic E-state index is 0.231. The van der Waals surface area contributed by atoms with Gasteiger partial charge in [0.05, 0.1) is 6.10 Å². The van der Waals surface area contributed by atoms with Crippen LogP contribution in [0.4, 0.5) is 0 Å². The minimum atomic E-state index is 0.231. The molecule has 1 heterocycles. The summed E-state index contributed by atoms with van der Waals surface area (Å²) in [5.74, 6) is 0.713. The monoisotopic (exact) mass is 335 g/mol. The van der Waals surface area contributed by atoms with Gasteiger partial charge in [-0.1, -0.05) is 15.9 Å². The van der Waals surface area contributed by atoms with Crippen molar-refractivity contribution in [2.75, 3.05) is 6.61 Å². The van der Waals surface area contributed by atoms with Gasteiger partial charge in [0.2, 0.25) is 0 Å². The molecule has 3 rings (SSSR count). The first kappa shape index (κ1) is 13.8. The first-order valence-corrected chi connectivity index (χ1v) is 7.88. The Labute approximate surface area is 126 Å². The van der Waals surface area contributed by atoms with E-state index >= 15 is 0 Å². The van der Waals surface area contributed by atoms with E-state index in [-0.39, 0.29) is 5.78 Å². The summed E-state index contributed by atoms with van der Waals surface area (Å²) in [6, 6.07) is 5.97. The summed E-state index contributed by atoms with van der Waals surface area (Å²) in [5, 5.41) is 1.00. The maximum Gasteiger partial charge on any atom is 0.165 e.